The zero-order valence-corrected chi connectivity index (χ0v) is 12.7. The molecule has 1 aliphatic rings. The molecule has 0 saturated heterocycles. The Labute approximate surface area is 117 Å². The van der Waals surface area contributed by atoms with Gasteiger partial charge >= 0.3 is 0 Å². The lowest BCUT2D eigenvalue weighted by molar-refractivity contribution is -0.134. The molecule has 1 amide bonds. The second-order valence-corrected chi connectivity index (χ2v) is 6.62. The van der Waals surface area contributed by atoms with Gasteiger partial charge in [-0.05, 0) is 37.6 Å². The summed E-state index contributed by atoms with van der Waals surface area (Å²) >= 11 is 0. The number of amides is 1. The predicted octanol–water partition coefficient (Wildman–Crippen LogP) is 1.76. The molecule has 1 rings (SSSR count). The minimum Gasteiger partial charge on any atom is -0.388 e. The number of hydrogen-bond acceptors (Lipinski definition) is 3. The number of carbonyl (C=O) groups excluding carboxylic acids is 1. The fourth-order valence-corrected chi connectivity index (χ4v) is 3.05. The van der Waals surface area contributed by atoms with Crippen LogP contribution in [-0.4, -0.2) is 41.7 Å². The average Bonchev–Trinajstić information content (AvgIpc) is 2.74. The Morgan fingerprint density at radius 2 is 1.95 bits per heavy atom. The lowest BCUT2D eigenvalue weighted by Gasteiger charge is -2.29. The lowest BCUT2D eigenvalue weighted by Crippen LogP contribution is -2.42. The molecule has 0 heterocycles. The predicted molar refractivity (Wildman–Crippen MR) is 77.7 cm³/mol. The van der Waals surface area contributed by atoms with Crippen molar-refractivity contribution in [3.05, 3.63) is 0 Å². The van der Waals surface area contributed by atoms with Crippen LogP contribution in [0.3, 0.4) is 0 Å². The first-order valence-corrected chi connectivity index (χ1v) is 7.52. The van der Waals surface area contributed by atoms with Gasteiger partial charge < -0.3 is 15.7 Å². The number of rotatable bonds is 7. The molecule has 1 atom stereocenters. The van der Waals surface area contributed by atoms with Crippen LogP contribution in [0, 0.1) is 11.8 Å². The van der Waals surface area contributed by atoms with Crippen LogP contribution in [0.5, 0.6) is 0 Å². The number of carbonyl (C=O) groups is 1. The third-order valence-corrected chi connectivity index (χ3v) is 4.09. The molecule has 0 bridgehead atoms. The van der Waals surface area contributed by atoms with Crippen LogP contribution in [0.2, 0.25) is 0 Å². The highest BCUT2D eigenvalue weighted by atomic mass is 16.3. The van der Waals surface area contributed by atoms with E-state index in [9.17, 15) is 9.90 Å². The van der Waals surface area contributed by atoms with E-state index < -0.39 is 5.60 Å². The second kappa shape index (κ2) is 7.25. The van der Waals surface area contributed by atoms with Gasteiger partial charge in [0.1, 0.15) is 0 Å². The van der Waals surface area contributed by atoms with Crippen molar-refractivity contribution in [3.63, 3.8) is 0 Å². The molecule has 3 N–H and O–H groups in total. The Balaban J connectivity index is 2.42. The third-order valence-electron chi connectivity index (χ3n) is 4.09. The molecule has 112 valence electrons. The zero-order valence-electron chi connectivity index (χ0n) is 12.7. The highest BCUT2D eigenvalue weighted by Crippen LogP contribution is 2.30. The van der Waals surface area contributed by atoms with E-state index in [1.165, 1.54) is 0 Å². The molecule has 0 spiro atoms. The smallest absolute Gasteiger partial charge is 0.222 e. The maximum absolute atomic E-state index is 12.2. The van der Waals surface area contributed by atoms with Crippen LogP contribution in [0.25, 0.3) is 0 Å². The highest BCUT2D eigenvalue weighted by Gasteiger charge is 2.33. The van der Waals surface area contributed by atoms with E-state index in [4.69, 9.17) is 5.73 Å². The van der Waals surface area contributed by atoms with Crippen LogP contribution < -0.4 is 5.73 Å². The summed E-state index contributed by atoms with van der Waals surface area (Å²) in [5.74, 6) is 0.926. The van der Waals surface area contributed by atoms with Crippen molar-refractivity contribution in [1.29, 1.82) is 0 Å². The van der Waals surface area contributed by atoms with Crippen LogP contribution in [-0.2, 0) is 4.79 Å². The Morgan fingerprint density at radius 3 is 2.42 bits per heavy atom. The molecule has 1 fully saturated rings. The number of aliphatic hydroxyl groups is 1. The average molecular weight is 270 g/mol. The van der Waals surface area contributed by atoms with E-state index in [1.807, 2.05) is 0 Å². The van der Waals surface area contributed by atoms with Crippen molar-refractivity contribution in [2.24, 2.45) is 17.6 Å². The van der Waals surface area contributed by atoms with Gasteiger partial charge in [-0.1, -0.05) is 26.7 Å². The molecular formula is C15H30N2O2. The quantitative estimate of drug-likeness (QED) is 0.741. The topological polar surface area (TPSA) is 66.6 Å². The zero-order chi connectivity index (χ0) is 14.5. The van der Waals surface area contributed by atoms with Crippen molar-refractivity contribution >= 4 is 5.91 Å². The van der Waals surface area contributed by atoms with E-state index >= 15 is 0 Å². The van der Waals surface area contributed by atoms with Crippen molar-refractivity contribution in [3.8, 4) is 0 Å². The first-order valence-electron chi connectivity index (χ1n) is 7.52. The Kier molecular flexibility index (Phi) is 6.27. The normalized spacial score (nSPS) is 19.7. The molecule has 0 aromatic heterocycles. The molecular weight excluding hydrogens is 240 g/mol. The minimum absolute atomic E-state index is 0.108. The van der Waals surface area contributed by atoms with Crippen molar-refractivity contribution in [1.82, 2.24) is 4.90 Å². The fourth-order valence-electron chi connectivity index (χ4n) is 3.05. The standard InChI is InChI=1S/C15H30N2O2/c1-12(2)8-13(10-16)9-14(18)17(3)11-15(19)6-4-5-7-15/h12-13,19H,4-11,16H2,1-3H3. The van der Waals surface area contributed by atoms with E-state index in [2.05, 4.69) is 13.8 Å². The molecule has 1 aliphatic carbocycles. The number of nitrogens with two attached hydrogens (primary N) is 1. The molecule has 19 heavy (non-hydrogen) atoms. The van der Waals surface area contributed by atoms with Gasteiger partial charge in [-0.25, -0.2) is 0 Å². The molecule has 4 nitrogen and oxygen atoms in total. The summed E-state index contributed by atoms with van der Waals surface area (Å²) < 4.78 is 0. The summed E-state index contributed by atoms with van der Waals surface area (Å²) in [6, 6.07) is 0. The van der Waals surface area contributed by atoms with Gasteiger partial charge in [0, 0.05) is 20.0 Å². The maximum atomic E-state index is 12.2. The summed E-state index contributed by atoms with van der Waals surface area (Å²) in [6.07, 6.45) is 5.25. The maximum Gasteiger partial charge on any atom is 0.222 e. The van der Waals surface area contributed by atoms with Crippen LogP contribution >= 0.6 is 0 Å². The van der Waals surface area contributed by atoms with Crippen LogP contribution in [0.1, 0.15) is 52.4 Å². The number of hydrogen-bond donors (Lipinski definition) is 2. The molecule has 0 aromatic carbocycles. The van der Waals surface area contributed by atoms with Gasteiger partial charge in [0.25, 0.3) is 0 Å². The van der Waals surface area contributed by atoms with E-state index in [-0.39, 0.29) is 11.8 Å². The first-order chi connectivity index (χ1) is 8.86. The molecule has 1 saturated carbocycles. The largest absolute Gasteiger partial charge is 0.388 e. The summed E-state index contributed by atoms with van der Waals surface area (Å²) in [6.45, 7) is 5.32. The number of nitrogens with zero attached hydrogens (tertiary/aromatic N) is 1. The fraction of sp³-hybridized carbons (Fsp3) is 0.933. The molecule has 0 aromatic rings. The Morgan fingerprint density at radius 1 is 1.37 bits per heavy atom. The van der Waals surface area contributed by atoms with E-state index in [0.29, 0.717) is 25.4 Å². The van der Waals surface area contributed by atoms with Gasteiger partial charge in [-0.2, -0.15) is 0 Å². The van der Waals surface area contributed by atoms with Gasteiger partial charge in [0.05, 0.1) is 5.60 Å². The first kappa shape index (κ1) is 16.4. The molecule has 0 aliphatic heterocycles. The SMILES string of the molecule is CC(C)CC(CN)CC(=O)N(C)CC1(O)CCCC1. The minimum atomic E-state index is -0.652. The van der Waals surface area contributed by atoms with Gasteiger partial charge in [-0.3, -0.25) is 4.79 Å². The van der Waals surface area contributed by atoms with Gasteiger partial charge in [0.2, 0.25) is 5.91 Å². The Hall–Kier alpha value is -0.610. The summed E-state index contributed by atoms with van der Waals surface area (Å²) in [5, 5.41) is 10.3. The van der Waals surface area contributed by atoms with E-state index in [0.717, 1.165) is 32.1 Å². The summed E-state index contributed by atoms with van der Waals surface area (Å²) in [4.78, 5) is 13.9. The number of likely N-dealkylation sites (N-methyl/N-ethyl adjacent to an activating group) is 1. The van der Waals surface area contributed by atoms with E-state index in [1.54, 1.807) is 11.9 Å². The Bertz CT molecular complexity index is 286. The molecule has 0 radical (unpaired) electrons. The second-order valence-electron chi connectivity index (χ2n) is 6.62. The lowest BCUT2D eigenvalue weighted by atomic mass is 9.93. The molecule has 1 unspecified atom stereocenters. The van der Waals surface area contributed by atoms with Crippen LogP contribution in [0.4, 0.5) is 0 Å². The monoisotopic (exact) mass is 270 g/mol. The highest BCUT2D eigenvalue weighted by molar-refractivity contribution is 5.76. The summed E-state index contributed by atoms with van der Waals surface area (Å²) in [7, 11) is 1.79. The van der Waals surface area contributed by atoms with Crippen molar-refractivity contribution in [2.45, 2.75) is 58.0 Å². The summed E-state index contributed by atoms with van der Waals surface area (Å²) in [5.41, 5.74) is 5.09. The molecule has 4 heteroatoms. The van der Waals surface area contributed by atoms with Crippen molar-refractivity contribution < 1.29 is 9.90 Å². The third kappa shape index (κ3) is 5.49. The van der Waals surface area contributed by atoms with Gasteiger partial charge in [-0.15, -0.1) is 0 Å². The van der Waals surface area contributed by atoms with Gasteiger partial charge in [0.15, 0.2) is 0 Å². The van der Waals surface area contributed by atoms with Crippen molar-refractivity contribution in [2.75, 3.05) is 20.1 Å². The van der Waals surface area contributed by atoms with Crippen LogP contribution in [0.15, 0.2) is 0 Å².